The van der Waals surface area contributed by atoms with Crippen molar-refractivity contribution in [3.8, 4) is 0 Å². The number of nitrogens with zero attached hydrogens (tertiary/aromatic N) is 1. The summed E-state index contributed by atoms with van der Waals surface area (Å²) < 4.78 is 0. The Morgan fingerprint density at radius 2 is 2.12 bits per heavy atom. The van der Waals surface area contributed by atoms with Gasteiger partial charge < -0.3 is 10.9 Å². The number of thioether (sulfide) groups is 1. The smallest absolute Gasteiger partial charge is 0.171 e. The van der Waals surface area contributed by atoms with Crippen LogP contribution in [0.15, 0.2) is 28.3 Å². The van der Waals surface area contributed by atoms with E-state index in [2.05, 4.69) is 5.16 Å². The molecular formula is C12H15ClN2OS. The van der Waals surface area contributed by atoms with Crippen LogP contribution >= 0.6 is 23.4 Å². The van der Waals surface area contributed by atoms with E-state index in [9.17, 15) is 0 Å². The molecule has 0 amide bonds. The van der Waals surface area contributed by atoms with Crippen molar-refractivity contribution in [2.45, 2.75) is 35.8 Å². The topological polar surface area (TPSA) is 58.6 Å². The van der Waals surface area contributed by atoms with Crippen molar-refractivity contribution in [3.63, 3.8) is 0 Å². The molecule has 0 heterocycles. The highest BCUT2D eigenvalue weighted by molar-refractivity contribution is 8.00. The van der Waals surface area contributed by atoms with E-state index in [1.54, 1.807) is 6.07 Å². The molecule has 0 aliphatic heterocycles. The van der Waals surface area contributed by atoms with Gasteiger partial charge in [-0.05, 0) is 31.0 Å². The first-order chi connectivity index (χ1) is 8.20. The summed E-state index contributed by atoms with van der Waals surface area (Å²) in [5, 5.41) is 12.8. The first-order valence-electron chi connectivity index (χ1n) is 5.65. The van der Waals surface area contributed by atoms with Crippen LogP contribution in [0.5, 0.6) is 0 Å². The van der Waals surface area contributed by atoms with Gasteiger partial charge in [0.05, 0.1) is 5.02 Å². The summed E-state index contributed by atoms with van der Waals surface area (Å²) in [7, 11) is 0. The SMILES string of the molecule is NC(=NO)c1ccc(SC2CCCC2)cc1Cl. The average molecular weight is 271 g/mol. The number of rotatable bonds is 3. The van der Waals surface area contributed by atoms with E-state index in [-0.39, 0.29) is 5.84 Å². The summed E-state index contributed by atoms with van der Waals surface area (Å²) in [4.78, 5) is 1.15. The second-order valence-corrected chi connectivity index (χ2v) is 5.93. The molecule has 17 heavy (non-hydrogen) atoms. The van der Waals surface area contributed by atoms with Crippen LogP contribution in [-0.2, 0) is 0 Å². The van der Waals surface area contributed by atoms with Crippen LogP contribution in [0.25, 0.3) is 0 Å². The van der Waals surface area contributed by atoms with Crippen molar-refractivity contribution in [1.82, 2.24) is 0 Å². The highest BCUT2D eigenvalue weighted by Gasteiger charge is 2.16. The largest absolute Gasteiger partial charge is 0.409 e. The fourth-order valence-electron chi connectivity index (χ4n) is 2.03. The zero-order chi connectivity index (χ0) is 12.3. The number of amidine groups is 1. The van der Waals surface area contributed by atoms with Crippen LogP contribution in [0.2, 0.25) is 5.02 Å². The fourth-order valence-corrected chi connectivity index (χ4v) is 3.66. The van der Waals surface area contributed by atoms with Crippen molar-refractivity contribution >= 4 is 29.2 Å². The third-order valence-electron chi connectivity index (χ3n) is 2.93. The quantitative estimate of drug-likeness (QED) is 0.383. The minimum absolute atomic E-state index is 0.0485. The Morgan fingerprint density at radius 1 is 1.41 bits per heavy atom. The molecule has 0 saturated heterocycles. The third-order valence-corrected chi connectivity index (χ3v) is 4.57. The molecule has 5 heteroatoms. The Labute approximate surface area is 110 Å². The number of oxime groups is 1. The molecule has 2 rings (SSSR count). The molecule has 3 nitrogen and oxygen atoms in total. The molecule has 0 aromatic heterocycles. The number of hydrogen-bond acceptors (Lipinski definition) is 3. The molecule has 1 aliphatic carbocycles. The van der Waals surface area contributed by atoms with Gasteiger partial charge in [-0.2, -0.15) is 0 Å². The lowest BCUT2D eigenvalue weighted by atomic mass is 10.2. The van der Waals surface area contributed by atoms with Crippen LogP contribution in [0.1, 0.15) is 31.2 Å². The summed E-state index contributed by atoms with van der Waals surface area (Å²) >= 11 is 7.97. The molecule has 1 aromatic rings. The highest BCUT2D eigenvalue weighted by Crippen LogP contribution is 2.36. The molecule has 0 spiro atoms. The molecule has 0 radical (unpaired) electrons. The Balaban J connectivity index is 2.12. The minimum atomic E-state index is 0.0485. The van der Waals surface area contributed by atoms with Gasteiger partial charge in [0.2, 0.25) is 0 Å². The number of benzene rings is 1. The molecule has 1 aromatic carbocycles. The van der Waals surface area contributed by atoms with Crippen molar-refractivity contribution < 1.29 is 5.21 Å². The molecule has 0 atom stereocenters. The highest BCUT2D eigenvalue weighted by atomic mass is 35.5. The predicted octanol–water partition coefficient (Wildman–Crippen LogP) is 3.47. The number of halogens is 1. The molecule has 0 bridgehead atoms. The lowest BCUT2D eigenvalue weighted by molar-refractivity contribution is 0.318. The first kappa shape index (κ1) is 12.6. The van der Waals surface area contributed by atoms with Crippen LogP contribution in [0.3, 0.4) is 0 Å². The summed E-state index contributed by atoms with van der Waals surface area (Å²) in [6.45, 7) is 0. The summed E-state index contributed by atoms with van der Waals surface area (Å²) in [6.07, 6.45) is 5.22. The van der Waals surface area contributed by atoms with E-state index in [1.807, 2.05) is 23.9 Å². The van der Waals surface area contributed by atoms with Crippen molar-refractivity contribution in [3.05, 3.63) is 28.8 Å². The van der Waals surface area contributed by atoms with Gasteiger partial charge in [-0.25, -0.2) is 0 Å². The zero-order valence-corrected chi connectivity index (χ0v) is 11.0. The summed E-state index contributed by atoms with van der Waals surface area (Å²) in [5.41, 5.74) is 6.09. The molecule has 92 valence electrons. The molecule has 0 unspecified atom stereocenters. The maximum Gasteiger partial charge on any atom is 0.171 e. The van der Waals surface area contributed by atoms with Gasteiger partial charge in [-0.15, -0.1) is 11.8 Å². The van der Waals surface area contributed by atoms with E-state index < -0.39 is 0 Å². The zero-order valence-electron chi connectivity index (χ0n) is 9.40. The Morgan fingerprint density at radius 3 is 2.71 bits per heavy atom. The van der Waals surface area contributed by atoms with Gasteiger partial charge in [0.1, 0.15) is 0 Å². The first-order valence-corrected chi connectivity index (χ1v) is 6.90. The summed E-state index contributed by atoms with van der Waals surface area (Å²) in [6, 6.07) is 5.66. The monoisotopic (exact) mass is 270 g/mol. The third kappa shape index (κ3) is 3.07. The van der Waals surface area contributed by atoms with Gasteiger partial charge in [-0.1, -0.05) is 29.6 Å². The fraction of sp³-hybridized carbons (Fsp3) is 0.417. The van der Waals surface area contributed by atoms with Crippen molar-refractivity contribution in [2.75, 3.05) is 0 Å². The van der Waals surface area contributed by atoms with Crippen molar-refractivity contribution in [1.29, 1.82) is 0 Å². The van der Waals surface area contributed by atoms with Gasteiger partial charge in [-0.3, -0.25) is 0 Å². The van der Waals surface area contributed by atoms with E-state index in [0.717, 1.165) is 4.90 Å². The predicted molar refractivity (Wildman–Crippen MR) is 72.1 cm³/mol. The molecule has 1 aliphatic rings. The average Bonchev–Trinajstić information content (AvgIpc) is 2.81. The maximum atomic E-state index is 8.61. The van der Waals surface area contributed by atoms with Crippen LogP contribution in [0, 0.1) is 0 Å². The summed E-state index contributed by atoms with van der Waals surface area (Å²) in [5.74, 6) is 0.0485. The lowest BCUT2D eigenvalue weighted by Gasteiger charge is -2.10. The van der Waals surface area contributed by atoms with Gasteiger partial charge in [0.25, 0.3) is 0 Å². The Hall–Kier alpha value is -0.870. The van der Waals surface area contributed by atoms with Gasteiger partial charge in [0.15, 0.2) is 5.84 Å². The van der Waals surface area contributed by atoms with E-state index in [0.29, 0.717) is 15.8 Å². The molecule has 1 saturated carbocycles. The van der Waals surface area contributed by atoms with Crippen LogP contribution in [0.4, 0.5) is 0 Å². The van der Waals surface area contributed by atoms with Gasteiger partial charge >= 0.3 is 0 Å². The Kier molecular flexibility index (Phi) is 4.18. The van der Waals surface area contributed by atoms with Gasteiger partial charge in [0, 0.05) is 15.7 Å². The van der Waals surface area contributed by atoms with E-state index in [1.165, 1.54) is 25.7 Å². The second kappa shape index (κ2) is 5.65. The van der Waals surface area contributed by atoms with Crippen molar-refractivity contribution in [2.24, 2.45) is 10.9 Å². The molecular weight excluding hydrogens is 256 g/mol. The van der Waals surface area contributed by atoms with E-state index >= 15 is 0 Å². The van der Waals surface area contributed by atoms with E-state index in [4.69, 9.17) is 22.5 Å². The normalized spacial score (nSPS) is 17.6. The van der Waals surface area contributed by atoms with Crippen LogP contribution < -0.4 is 5.73 Å². The number of hydrogen-bond donors (Lipinski definition) is 2. The maximum absolute atomic E-state index is 8.61. The number of nitrogens with two attached hydrogens (primary N) is 1. The Bertz CT molecular complexity index is 431. The van der Waals surface area contributed by atoms with Crippen LogP contribution in [-0.4, -0.2) is 16.3 Å². The second-order valence-electron chi connectivity index (χ2n) is 4.15. The lowest BCUT2D eigenvalue weighted by Crippen LogP contribution is -2.13. The minimum Gasteiger partial charge on any atom is -0.409 e. The molecule has 1 fully saturated rings. The standard InChI is InChI=1S/C12H15ClN2OS/c13-11-7-9(17-8-3-1-2-4-8)5-6-10(11)12(14)15-16/h5-8,16H,1-4H2,(H2,14,15). The molecule has 3 N–H and O–H groups in total.